The van der Waals surface area contributed by atoms with Crippen molar-refractivity contribution in [3.8, 4) is 0 Å². The fourth-order valence-electron chi connectivity index (χ4n) is 3.40. The molecule has 3 rings (SSSR count). The number of amides is 2. The Bertz CT molecular complexity index is 647. The number of likely N-dealkylation sites (tertiary alicyclic amines) is 1. The molecule has 1 fully saturated rings. The second-order valence-electron chi connectivity index (χ2n) is 6.62. The highest BCUT2D eigenvalue weighted by Gasteiger charge is 2.47. The zero-order chi connectivity index (χ0) is 18.0. The fraction of sp³-hybridized carbons (Fsp3) is 0.474. The van der Waals surface area contributed by atoms with E-state index >= 15 is 0 Å². The number of β-amino-alcohol motifs (C(OH)–C–C–N with tert-alkyl or cyclic N) is 1. The summed E-state index contributed by atoms with van der Waals surface area (Å²) in [5.41, 5.74) is 0.946. The number of aliphatic hydroxyl groups excluding tert-OH is 1. The number of ether oxygens (including phenoxy) is 1. The van der Waals surface area contributed by atoms with E-state index in [1.165, 1.54) is 4.90 Å². The number of imide groups is 1. The average molecular weight is 364 g/mol. The third-order valence-corrected chi connectivity index (χ3v) is 5.12. The van der Waals surface area contributed by atoms with E-state index < -0.39 is 6.10 Å². The molecule has 1 heterocycles. The first-order chi connectivity index (χ1) is 12.0. The van der Waals surface area contributed by atoms with Crippen molar-refractivity contribution in [3.05, 3.63) is 47.0 Å². The van der Waals surface area contributed by atoms with Gasteiger partial charge in [-0.25, -0.2) is 0 Å². The smallest absolute Gasteiger partial charge is 0.233 e. The molecule has 2 aliphatic rings. The molecule has 1 aliphatic carbocycles. The van der Waals surface area contributed by atoms with Crippen molar-refractivity contribution in [2.75, 3.05) is 13.2 Å². The Morgan fingerprint density at radius 1 is 1.16 bits per heavy atom. The quantitative estimate of drug-likeness (QED) is 0.623. The summed E-state index contributed by atoms with van der Waals surface area (Å²) in [4.78, 5) is 26.0. The molecule has 1 N–H and O–H groups in total. The molecule has 1 aromatic carbocycles. The molecule has 0 aromatic heterocycles. The van der Waals surface area contributed by atoms with E-state index in [0.717, 1.165) is 5.56 Å². The molecule has 4 atom stereocenters. The summed E-state index contributed by atoms with van der Waals surface area (Å²) in [5, 5.41) is 10.9. The number of hydrogen-bond acceptors (Lipinski definition) is 4. The van der Waals surface area contributed by atoms with Crippen LogP contribution in [0, 0.1) is 11.8 Å². The monoisotopic (exact) mass is 363 g/mol. The molecular weight excluding hydrogens is 342 g/mol. The number of fused-ring (bicyclic) bond motifs is 1. The van der Waals surface area contributed by atoms with Crippen molar-refractivity contribution < 1.29 is 19.4 Å². The molecular formula is C19H22ClNO4. The van der Waals surface area contributed by atoms with E-state index in [-0.39, 0.29) is 42.9 Å². The van der Waals surface area contributed by atoms with E-state index in [4.69, 9.17) is 16.3 Å². The van der Waals surface area contributed by atoms with E-state index in [2.05, 4.69) is 0 Å². The number of allylic oxidation sites excluding steroid dienone is 2. The molecule has 0 radical (unpaired) electrons. The van der Waals surface area contributed by atoms with Crippen molar-refractivity contribution >= 4 is 23.4 Å². The van der Waals surface area contributed by atoms with E-state index in [0.29, 0.717) is 17.9 Å². The predicted molar refractivity (Wildman–Crippen MR) is 93.9 cm³/mol. The molecule has 1 aromatic rings. The molecule has 0 bridgehead atoms. The molecule has 0 saturated carbocycles. The van der Waals surface area contributed by atoms with Gasteiger partial charge in [0.15, 0.2) is 0 Å². The van der Waals surface area contributed by atoms with Crippen molar-refractivity contribution in [1.29, 1.82) is 0 Å². The second-order valence-corrected chi connectivity index (χ2v) is 7.06. The molecule has 1 aliphatic heterocycles. The SMILES string of the molecule is CC(OCC(O)CN1C(=O)C2CC=CCC2C1=O)c1ccc(Cl)cc1. The predicted octanol–water partition coefficient (Wildman–Crippen LogP) is 2.73. The Kier molecular flexibility index (Phi) is 5.57. The van der Waals surface area contributed by atoms with Gasteiger partial charge in [0.05, 0.1) is 37.2 Å². The van der Waals surface area contributed by atoms with Gasteiger partial charge in [0, 0.05) is 5.02 Å². The van der Waals surface area contributed by atoms with Gasteiger partial charge in [-0.15, -0.1) is 0 Å². The van der Waals surface area contributed by atoms with Crippen LogP contribution in [-0.4, -0.2) is 41.1 Å². The largest absolute Gasteiger partial charge is 0.389 e. The highest BCUT2D eigenvalue weighted by atomic mass is 35.5. The lowest BCUT2D eigenvalue weighted by molar-refractivity contribution is -0.142. The number of carbonyl (C=O) groups is 2. The Hall–Kier alpha value is -1.69. The van der Waals surface area contributed by atoms with Gasteiger partial charge in [-0.2, -0.15) is 0 Å². The van der Waals surface area contributed by atoms with Crippen LogP contribution in [0.3, 0.4) is 0 Å². The van der Waals surface area contributed by atoms with Gasteiger partial charge < -0.3 is 9.84 Å². The highest BCUT2D eigenvalue weighted by Crippen LogP contribution is 2.35. The van der Waals surface area contributed by atoms with Crippen molar-refractivity contribution in [2.24, 2.45) is 11.8 Å². The van der Waals surface area contributed by atoms with Crippen molar-refractivity contribution in [2.45, 2.75) is 32.0 Å². The van der Waals surface area contributed by atoms with Gasteiger partial charge in [0.25, 0.3) is 0 Å². The number of aliphatic hydroxyl groups is 1. The molecule has 2 amide bonds. The van der Waals surface area contributed by atoms with Crippen LogP contribution >= 0.6 is 11.6 Å². The summed E-state index contributed by atoms with van der Waals surface area (Å²) in [5.74, 6) is -0.884. The zero-order valence-electron chi connectivity index (χ0n) is 14.1. The molecule has 134 valence electrons. The summed E-state index contributed by atoms with van der Waals surface area (Å²) in [6.07, 6.45) is 3.98. The normalized spacial score (nSPS) is 25.2. The number of nitrogens with zero attached hydrogens (tertiary/aromatic N) is 1. The summed E-state index contributed by atoms with van der Waals surface area (Å²) < 4.78 is 5.67. The number of halogens is 1. The first-order valence-corrected chi connectivity index (χ1v) is 8.90. The average Bonchev–Trinajstić information content (AvgIpc) is 2.86. The summed E-state index contributed by atoms with van der Waals surface area (Å²) >= 11 is 5.86. The number of rotatable bonds is 6. The van der Waals surface area contributed by atoms with Gasteiger partial charge in [0.1, 0.15) is 0 Å². The first kappa shape index (κ1) is 18.1. The van der Waals surface area contributed by atoms with Gasteiger partial charge >= 0.3 is 0 Å². The standard InChI is InChI=1S/C19H22ClNO4/c1-12(13-6-8-14(20)9-7-13)25-11-15(22)10-21-18(23)16-4-2-3-5-17(16)19(21)24/h2-3,6-9,12,15-17,22H,4-5,10-11H2,1H3. The lowest BCUT2D eigenvalue weighted by Gasteiger charge is -2.21. The van der Waals surface area contributed by atoms with E-state index in [9.17, 15) is 14.7 Å². The maximum Gasteiger partial charge on any atom is 0.233 e. The lowest BCUT2D eigenvalue weighted by atomic mass is 9.85. The van der Waals surface area contributed by atoms with Crippen LogP contribution in [0.5, 0.6) is 0 Å². The van der Waals surface area contributed by atoms with Crippen LogP contribution in [0.2, 0.25) is 5.02 Å². The maximum atomic E-state index is 12.4. The van der Waals surface area contributed by atoms with Crippen LogP contribution in [0.4, 0.5) is 0 Å². The van der Waals surface area contributed by atoms with Gasteiger partial charge in [-0.3, -0.25) is 14.5 Å². The van der Waals surface area contributed by atoms with Crippen LogP contribution < -0.4 is 0 Å². The topological polar surface area (TPSA) is 66.8 Å². The van der Waals surface area contributed by atoms with Crippen LogP contribution in [0.25, 0.3) is 0 Å². The molecule has 1 saturated heterocycles. The van der Waals surface area contributed by atoms with Crippen LogP contribution in [0.15, 0.2) is 36.4 Å². The molecule has 5 nitrogen and oxygen atoms in total. The summed E-state index contributed by atoms with van der Waals surface area (Å²) in [7, 11) is 0. The van der Waals surface area contributed by atoms with E-state index in [1.807, 2.05) is 31.2 Å². The van der Waals surface area contributed by atoms with Gasteiger partial charge in [-0.05, 0) is 37.5 Å². The third kappa shape index (κ3) is 3.94. The fourth-order valence-corrected chi connectivity index (χ4v) is 3.52. The minimum absolute atomic E-state index is 0.0159. The van der Waals surface area contributed by atoms with Gasteiger partial charge in [0.2, 0.25) is 11.8 Å². The van der Waals surface area contributed by atoms with Crippen LogP contribution in [-0.2, 0) is 14.3 Å². The van der Waals surface area contributed by atoms with E-state index in [1.54, 1.807) is 12.1 Å². The minimum atomic E-state index is -0.907. The Labute approximate surface area is 152 Å². The molecule has 25 heavy (non-hydrogen) atoms. The second kappa shape index (κ2) is 7.68. The molecule has 6 heteroatoms. The molecule has 0 spiro atoms. The number of benzene rings is 1. The van der Waals surface area contributed by atoms with Crippen molar-refractivity contribution in [3.63, 3.8) is 0 Å². The lowest BCUT2D eigenvalue weighted by Crippen LogP contribution is -2.39. The highest BCUT2D eigenvalue weighted by molar-refractivity contribution is 6.30. The van der Waals surface area contributed by atoms with Crippen LogP contribution in [0.1, 0.15) is 31.4 Å². The first-order valence-electron chi connectivity index (χ1n) is 8.52. The Morgan fingerprint density at radius 3 is 2.28 bits per heavy atom. The molecule has 4 unspecified atom stereocenters. The zero-order valence-corrected chi connectivity index (χ0v) is 14.9. The summed E-state index contributed by atoms with van der Waals surface area (Å²) in [6.45, 7) is 1.91. The summed E-state index contributed by atoms with van der Waals surface area (Å²) in [6, 6.07) is 7.30. The third-order valence-electron chi connectivity index (χ3n) is 4.87. The maximum absolute atomic E-state index is 12.4. The number of carbonyl (C=O) groups excluding carboxylic acids is 2. The minimum Gasteiger partial charge on any atom is -0.389 e. The van der Waals surface area contributed by atoms with Crippen molar-refractivity contribution in [1.82, 2.24) is 4.90 Å². The Balaban J connectivity index is 1.52. The number of hydrogen-bond donors (Lipinski definition) is 1. The Morgan fingerprint density at radius 2 is 1.72 bits per heavy atom. The van der Waals surface area contributed by atoms with Gasteiger partial charge in [-0.1, -0.05) is 35.9 Å².